The standard InChI is InChI=1S/C57H37NO/c1-3-16-44(17-4-1)57(45-18-5-2-6-19-45)51-22-11-9-20-48(51)50-37-47(32-33-52(50)57)58(53-23-13-25-55-56(53)49-21-10-12-24-54(49)59-55)46-31-30-42-35-41(28-29-43(42)36-46)40-27-26-38-14-7-8-15-39(38)34-40/h1-37H. The first-order valence-corrected chi connectivity index (χ1v) is 20.3. The van der Waals surface area contributed by atoms with E-state index in [1.165, 1.54) is 66.1 Å². The van der Waals surface area contributed by atoms with E-state index in [1.54, 1.807) is 0 Å². The topological polar surface area (TPSA) is 16.4 Å². The van der Waals surface area contributed by atoms with E-state index in [1.807, 2.05) is 6.07 Å². The summed E-state index contributed by atoms with van der Waals surface area (Å²) in [6.45, 7) is 0. The highest BCUT2D eigenvalue weighted by atomic mass is 16.3. The van der Waals surface area contributed by atoms with Crippen molar-refractivity contribution in [3.63, 3.8) is 0 Å². The van der Waals surface area contributed by atoms with Crippen molar-refractivity contribution in [2.45, 2.75) is 5.41 Å². The van der Waals surface area contributed by atoms with Gasteiger partial charge in [0.2, 0.25) is 0 Å². The summed E-state index contributed by atoms with van der Waals surface area (Å²) in [6, 6.07) is 81.9. The van der Waals surface area contributed by atoms with Gasteiger partial charge in [-0.15, -0.1) is 0 Å². The number of hydrogen-bond acceptors (Lipinski definition) is 2. The van der Waals surface area contributed by atoms with Crippen LogP contribution in [0.2, 0.25) is 0 Å². The molecule has 0 saturated heterocycles. The highest BCUT2D eigenvalue weighted by Gasteiger charge is 2.46. The number of hydrogen-bond donors (Lipinski definition) is 0. The highest BCUT2D eigenvalue weighted by molar-refractivity contribution is 6.13. The van der Waals surface area contributed by atoms with E-state index in [0.717, 1.165) is 39.0 Å². The Bertz CT molecular complexity index is 3360. The highest BCUT2D eigenvalue weighted by Crippen LogP contribution is 2.57. The fourth-order valence-electron chi connectivity index (χ4n) is 9.87. The van der Waals surface area contributed by atoms with Gasteiger partial charge in [-0.25, -0.2) is 0 Å². The Morgan fingerprint density at radius 1 is 0.356 bits per heavy atom. The van der Waals surface area contributed by atoms with Crippen molar-refractivity contribution in [3.05, 3.63) is 247 Å². The molecule has 0 unspecified atom stereocenters. The fraction of sp³-hybridized carbons (Fsp3) is 0.0175. The molecule has 2 nitrogen and oxygen atoms in total. The summed E-state index contributed by atoms with van der Waals surface area (Å²) in [6.07, 6.45) is 0. The van der Waals surface area contributed by atoms with Gasteiger partial charge in [0.05, 0.1) is 16.5 Å². The van der Waals surface area contributed by atoms with Crippen LogP contribution in [0.1, 0.15) is 22.3 Å². The molecular formula is C57H37NO. The van der Waals surface area contributed by atoms with Crippen LogP contribution in [0, 0.1) is 0 Å². The molecule has 2 heteroatoms. The molecule has 276 valence electrons. The third-order valence-corrected chi connectivity index (χ3v) is 12.5. The molecule has 1 aliphatic carbocycles. The summed E-state index contributed by atoms with van der Waals surface area (Å²) >= 11 is 0. The van der Waals surface area contributed by atoms with E-state index in [2.05, 4.69) is 223 Å². The lowest BCUT2D eigenvalue weighted by Crippen LogP contribution is -2.28. The molecule has 1 aromatic heterocycles. The van der Waals surface area contributed by atoms with Gasteiger partial charge in [0.15, 0.2) is 0 Å². The average molecular weight is 752 g/mol. The van der Waals surface area contributed by atoms with Crippen LogP contribution < -0.4 is 4.90 Å². The molecule has 1 heterocycles. The third-order valence-electron chi connectivity index (χ3n) is 12.5. The second-order valence-corrected chi connectivity index (χ2v) is 15.6. The Kier molecular flexibility index (Phi) is 7.48. The first-order valence-electron chi connectivity index (χ1n) is 20.3. The van der Waals surface area contributed by atoms with E-state index in [-0.39, 0.29) is 0 Å². The van der Waals surface area contributed by atoms with Crippen molar-refractivity contribution in [2.75, 3.05) is 4.90 Å². The average Bonchev–Trinajstić information content (AvgIpc) is 3.84. The molecule has 10 aromatic carbocycles. The predicted molar refractivity (Wildman–Crippen MR) is 246 cm³/mol. The minimum atomic E-state index is -0.468. The first-order chi connectivity index (χ1) is 29.2. The van der Waals surface area contributed by atoms with Gasteiger partial charge in [-0.1, -0.05) is 170 Å². The fourth-order valence-corrected chi connectivity index (χ4v) is 9.87. The van der Waals surface area contributed by atoms with Crippen molar-refractivity contribution >= 4 is 60.5 Å². The minimum Gasteiger partial charge on any atom is -0.456 e. The summed E-state index contributed by atoms with van der Waals surface area (Å²) in [5, 5.41) is 7.08. The van der Waals surface area contributed by atoms with Crippen LogP contribution in [0.3, 0.4) is 0 Å². The molecule has 0 fully saturated rings. The molecule has 59 heavy (non-hydrogen) atoms. The number of furan rings is 1. The van der Waals surface area contributed by atoms with Crippen molar-refractivity contribution in [3.8, 4) is 22.3 Å². The Morgan fingerprint density at radius 3 is 1.71 bits per heavy atom. The van der Waals surface area contributed by atoms with Crippen LogP contribution in [0.25, 0.3) is 65.7 Å². The molecular weight excluding hydrogens is 715 g/mol. The third kappa shape index (κ3) is 5.13. The van der Waals surface area contributed by atoms with Gasteiger partial charge in [-0.3, -0.25) is 0 Å². The zero-order chi connectivity index (χ0) is 38.9. The summed E-state index contributed by atoms with van der Waals surface area (Å²) < 4.78 is 6.49. The molecule has 0 N–H and O–H groups in total. The van der Waals surface area contributed by atoms with Gasteiger partial charge >= 0.3 is 0 Å². The maximum absolute atomic E-state index is 6.49. The van der Waals surface area contributed by atoms with E-state index in [9.17, 15) is 0 Å². The molecule has 1 aliphatic rings. The summed E-state index contributed by atoms with van der Waals surface area (Å²) in [4.78, 5) is 2.43. The quantitative estimate of drug-likeness (QED) is 0.168. The van der Waals surface area contributed by atoms with Gasteiger partial charge in [-0.2, -0.15) is 0 Å². The monoisotopic (exact) mass is 751 g/mol. The van der Waals surface area contributed by atoms with Crippen molar-refractivity contribution in [1.29, 1.82) is 0 Å². The Morgan fingerprint density at radius 2 is 0.915 bits per heavy atom. The van der Waals surface area contributed by atoms with Gasteiger partial charge in [0.25, 0.3) is 0 Å². The van der Waals surface area contributed by atoms with Gasteiger partial charge in [-0.05, 0) is 121 Å². The number of nitrogens with zero attached hydrogens (tertiary/aromatic N) is 1. The van der Waals surface area contributed by atoms with E-state index < -0.39 is 5.41 Å². The van der Waals surface area contributed by atoms with Gasteiger partial charge in [0.1, 0.15) is 11.2 Å². The SMILES string of the molecule is c1ccc(C2(c3ccccc3)c3ccccc3-c3cc(N(c4ccc5cc(-c6ccc7ccccc7c6)ccc5c4)c4cccc5oc6ccccc6c45)ccc32)cc1. The zero-order valence-electron chi connectivity index (χ0n) is 32.2. The Labute approximate surface area is 342 Å². The lowest BCUT2D eigenvalue weighted by Gasteiger charge is -2.34. The van der Waals surface area contributed by atoms with Crippen LogP contribution in [0.5, 0.6) is 0 Å². The molecule has 0 spiro atoms. The summed E-state index contributed by atoms with van der Waals surface area (Å²) in [7, 11) is 0. The van der Waals surface area contributed by atoms with Gasteiger partial charge in [0, 0.05) is 16.8 Å². The van der Waals surface area contributed by atoms with E-state index >= 15 is 0 Å². The Hall–Kier alpha value is -7.68. The van der Waals surface area contributed by atoms with Crippen molar-refractivity contribution < 1.29 is 4.42 Å². The molecule has 0 bridgehead atoms. The van der Waals surface area contributed by atoms with Crippen LogP contribution in [0.4, 0.5) is 17.1 Å². The van der Waals surface area contributed by atoms with Crippen molar-refractivity contribution in [1.82, 2.24) is 0 Å². The Balaban J connectivity index is 1.08. The van der Waals surface area contributed by atoms with E-state index in [4.69, 9.17) is 4.42 Å². The molecule has 0 saturated carbocycles. The summed E-state index contributed by atoms with van der Waals surface area (Å²) in [5.74, 6) is 0. The smallest absolute Gasteiger partial charge is 0.137 e. The second kappa shape index (κ2) is 13.2. The van der Waals surface area contributed by atoms with Crippen LogP contribution in [-0.4, -0.2) is 0 Å². The zero-order valence-corrected chi connectivity index (χ0v) is 32.2. The number of fused-ring (bicyclic) bond motifs is 8. The van der Waals surface area contributed by atoms with Crippen LogP contribution in [-0.2, 0) is 5.41 Å². The van der Waals surface area contributed by atoms with Crippen LogP contribution >= 0.6 is 0 Å². The number of rotatable bonds is 6. The van der Waals surface area contributed by atoms with E-state index in [0.29, 0.717) is 0 Å². The second-order valence-electron chi connectivity index (χ2n) is 15.6. The molecule has 12 rings (SSSR count). The molecule has 0 amide bonds. The minimum absolute atomic E-state index is 0.468. The lowest BCUT2D eigenvalue weighted by molar-refractivity contribution is 0.669. The number of para-hydroxylation sites is 1. The van der Waals surface area contributed by atoms with Gasteiger partial charge < -0.3 is 9.32 Å². The normalized spacial score (nSPS) is 12.9. The number of benzene rings is 10. The molecule has 0 radical (unpaired) electrons. The molecule has 11 aromatic rings. The van der Waals surface area contributed by atoms with Crippen molar-refractivity contribution in [2.24, 2.45) is 0 Å². The lowest BCUT2D eigenvalue weighted by atomic mass is 9.68. The maximum atomic E-state index is 6.49. The molecule has 0 aliphatic heterocycles. The largest absolute Gasteiger partial charge is 0.456 e. The van der Waals surface area contributed by atoms with Crippen LogP contribution in [0.15, 0.2) is 229 Å². The molecule has 0 atom stereocenters. The predicted octanol–water partition coefficient (Wildman–Crippen LogP) is 15.4. The maximum Gasteiger partial charge on any atom is 0.137 e. The number of anilines is 3. The summed E-state index contributed by atoms with van der Waals surface area (Å²) in [5.41, 5.74) is 14.5. The first kappa shape index (κ1) is 33.5.